The maximum atomic E-state index is 13.0. The molecule has 3 aromatic carbocycles. The lowest BCUT2D eigenvalue weighted by atomic mass is 10.0. The van der Waals surface area contributed by atoms with Crippen molar-refractivity contribution in [2.24, 2.45) is 5.73 Å². The first-order valence-corrected chi connectivity index (χ1v) is 15.7. The molecule has 13 heteroatoms. The van der Waals surface area contributed by atoms with Crippen LogP contribution in [0, 0.1) is 5.41 Å². The number of hydrogen-bond donors (Lipinski definition) is 5. The Labute approximate surface area is 259 Å². The van der Waals surface area contributed by atoms with E-state index in [1.807, 2.05) is 0 Å². The summed E-state index contributed by atoms with van der Waals surface area (Å²) in [5.74, 6) is 0.435. The van der Waals surface area contributed by atoms with Crippen LogP contribution in [-0.2, 0) is 25.5 Å². The highest BCUT2D eigenvalue weighted by atomic mass is 35.5. The van der Waals surface area contributed by atoms with Crippen molar-refractivity contribution in [2.45, 2.75) is 30.2 Å². The number of carboxylic acid groups (broad SMARTS) is 1. The van der Waals surface area contributed by atoms with Gasteiger partial charge in [0.1, 0.15) is 6.04 Å². The number of ketones is 1. The predicted molar refractivity (Wildman–Crippen MR) is 169 cm³/mol. The number of nitrogens with two attached hydrogens (primary N) is 1. The number of carboxylic acids is 1. The van der Waals surface area contributed by atoms with Gasteiger partial charge >= 0.3 is 5.97 Å². The number of carbonyl (C=O) groups is 4. The van der Waals surface area contributed by atoms with Gasteiger partial charge in [0.15, 0.2) is 5.78 Å². The Balaban J connectivity index is 1.61. The number of nitrogens with one attached hydrogen (secondary N) is 3. The summed E-state index contributed by atoms with van der Waals surface area (Å²) in [7, 11) is -2.39. The number of amidine groups is 1. The Kier molecular flexibility index (Phi) is 11.1. The van der Waals surface area contributed by atoms with Gasteiger partial charge in [-0.25, -0.2) is 4.79 Å². The van der Waals surface area contributed by atoms with E-state index in [4.69, 9.17) is 34.3 Å². The van der Waals surface area contributed by atoms with Crippen LogP contribution < -0.4 is 16.4 Å². The maximum Gasteiger partial charge on any atom is 0.326 e. The van der Waals surface area contributed by atoms with Gasteiger partial charge in [0.05, 0.1) is 28.0 Å². The summed E-state index contributed by atoms with van der Waals surface area (Å²) in [5.41, 5.74) is 7.49. The standard InChI is InChI=1S/C30H30Cl2N4O6S/c1-43(2,42)22-9-6-18(7-10-22)20-14-23(31)27(24(32)15-20)29(39)36-25(30(40)41)11-8-21(37)16-35-28(38)19-5-3-4-17(12-19)13-26(33)34/h3-7,9-10,12,14-15,25H,1,8,11,13,16H2,2H3,(H3,33,34)(H,35,38)(H,36,39)(H,40,41)/t25-,43?/m1/s1. The van der Waals surface area contributed by atoms with Crippen molar-refractivity contribution in [3.63, 3.8) is 0 Å². The van der Waals surface area contributed by atoms with Crippen molar-refractivity contribution in [2.75, 3.05) is 12.8 Å². The summed E-state index contributed by atoms with van der Waals surface area (Å²) in [6.45, 7) is -0.347. The molecule has 226 valence electrons. The molecular weight excluding hydrogens is 615 g/mol. The monoisotopic (exact) mass is 644 g/mol. The third kappa shape index (κ3) is 9.40. The molecule has 0 aliphatic heterocycles. The van der Waals surface area contributed by atoms with Gasteiger partial charge in [0.25, 0.3) is 11.8 Å². The minimum atomic E-state index is -2.39. The molecule has 0 aliphatic carbocycles. The molecule has 43 heavy (non-hydrogen) atoms. The zero-order chi connectivity index (χ0) is 31.9. The molecule has 0 saturated heterocycles. The minimum Gasteiger partial charge on any atom is -0.480 e. The van der Waals surface area contributed by atoms with Gasteiger partial charge in [-0.3, -0.25) is 24.0 Å². The lowest BCUT2D eigenvalue weighted by molar-refractivity contribution is -0.139. The summed E-state index contributed by atoms with van der Waals surface area (Å²) in [6.07, 6.45) is 1.23. The third-order valence-corrected chi connectivity index (χ3v) is 8.17. The first-order valence-electron chi connectivity index (χ1n) is 12.8. The lowest BCUT2D eigenvalue weighted by Crippen LogP contribution is -2.41. The normalized spacial score (nSPS) is 12.9. The molecule has 0 radical (unpaired) electrons. The van der Waals surface area contributed by atoms with Gasteiger partial charge in [-0.2, -0.15) is 0 Å². The molecule has 1 unspecified atom stereocenters. The fraction of sp³-hybridized carbons (Fsp3) is 0.200. The molecule has 2 amide bonds. The van der Waals surface area contributed by atoms with Crippen LogP contribution in [0.4, 0.5) is 0 Å². The number of benzene rings is 3. The van der Waals surface area contributed by atoms with Crippen molar-refractivity contribution in [1.29, 1.82) is 5.41 Å². The van der Waals surface area contributed by atoms with E-state index in [-0.39, 0.29) is 52.8 Å². The van der Waals surface area contributed by atoms with E-state index in [1.54, 1.807) is 48.5 Å². The molecule has 0 spiro atoms. The lowest BCUT2D eigenvalue weighted by Gasteiger charge is -2.16. The Bertz CT molecular complexity index is 1670. The van der Waals surface area contributed by atoms with Gasteiger partial charge in [-0.1, -0.05) is 47.5 Å². The average molecular weight is 646 g/mol. The molecular formula is C30H30Cl2N4O6S. The van der Waals surface area contributed by atoms with E-state index in [9.17, 15) is 28.5 Å². The summed E-state index contributed by atoms with van der Waals surface area (Å²) in [4.78, 5) is 50.2. The minimum absolute atomic E-state index is 0.0178. The number of aliphatic carboxylic acids is 1. The molecule has 0 saturated carbocycles. The molecule has 0 heterocycles. The zero-order valence-corrected chi connectivity index (χ0v) is 25.4. The Morgan fingerprint density at radius 2 is 1.63 bits per heavy atom. The molecule has 3 rings (SSSR count). The van der Waals surface area contributed by atoms with Gasteiger partial charge in [-0.05, 0) is 74.9 Å². The van der Waals surface area contributed by atoms with Crippen molar-refractivity contribution < 1.29 is 28.5 Å². The van der Waals surface area contributed by atoms with Crippen LogP contribution in [0.5, 0.6) is 0 Å². The van der Waals surface area contributed by atoms with Crippen LogP contribution in [0.1, 0.15) is 39.1 Å². The Morgan fingerprint density at radius 1 is 1.00 bits per heavy atom. The van der Waals surface area contributed by atoms with Crippen LogP contribution in [0.25, 0.3) is 11.1 Å². The first kappa shape index (κ1) is 33.3. The van der Waals surface area contributed by atoms with E-state index < -0.39 is 39.1 Å². The van der Waals surface area contributed by atoms with Gasteiger partial charge < -0.3 is 21.5 Å². The van der Waals surface area contributed by atoms with E-state index in [0.29, 0.717) is 21.6 Å². The molecule has 0 bridgehead atoms. The fourth-order valence-electron chi connectivity index (χ4n) is 4.10. The second-order valence-corrected chi connectivity index (χ2v) is 13.2. The summed E-state index contributed by atoms with van der Waals surface area (Å²) >= 11 is 12.7. The molecule has 10 nitrogen and oxygen atoms in total. The van der Waals surface area contributed by atoms with Crippen LogP contribution in [0.2, 0.25) is 10.0 Å². The maximum absolute atomic E-state index is 13.0. The summed E-state index contributed by atoms with van der Waals surface area (Å²) in [6, 6.07) is 14.8. The number of rotatable bonds is 13. The van der Waals surface area contributed by atoms with Crippen molar-refractivity contribution in [3.05, 3.63) is 87.4 Å². The third-order valence-electron chi connectivity index (χ3n) is 6.30. The van der Waals surface area contributed by atoms with Crippen molar-refractivity contribution >= 4 is 68.0 Å². The van der Waals surface area contributed by atoms with E-state index >= 15 is 0 Å². The molecule has 2 atom stereocenters. The molecule has 0 fully saturated rings. The van der Waals surface area contributed by atoms with Crippen LogP contribution in [0.3, 0.4) is 0 Å². The zero-order valence-electron chi connectivity index (χ0n) is 23.1. The first-order chi connectivity index (χ1) is 20.1. The average Bonchev–Trinajstić information content (AvgIpc) is 2.92. The van der Waals surface area contributed by atoms with Gasteiger partial charge in [0, 0.05) is 29.6 Å². The highest BCUT2D eigenvalue weighted by Gasteiger charge is 2.25. The highest BCUT2D eigenvalue weighted by Crippen LogP contribution is 2.32. The highest BCUT2D eigenvalue weighted by molar-refractivity contribution is 7.99. The van der Waals surface area contributed by atoms with E-state index in [0.717, 1.165) is 0 Å². The number of amides is 2. The van der Waals surface area contributed by atoms with Crippen LogP contribution >= 0.6 is 23.2 Å². The SMILES string of the molecule is C=S(C)(=O)c1ccc(-c2cc(Cl)c(C(=O)N[C@H](CCC(=O)CNC(=O)c3cccc(CC(=N)N)c3)C(=O)O)c(Cl)c2)cc1. The number of carbonyl (C=O) groups excluding carboxylic acids is 3. The van der Waals surface area contributed by atoms with Crippen molar-refractivity contribution in [3.8, 4) is 11.1 Å². The second-order valence-electron chi connectivity index (χ2n) is 9.87. The largest absolute Gasteiger partial charge is 0.480 e. The van der Waals surface area contributed by atoms with Gasteiger partial charge in [0.2, 0.25) is 0 Å². The molecule has 6 N–H and O–H groups in total. The quantitative estimate of drug-likeness (QED) is 0.107. The molecule has 3 aromatic rings. The number of hydrogen-bond acceptors (Lipinski definition) is 6. The predicted octanol–water partition coefficient (Wildman–Crippen LogP) is 3.81. The second kappa shape index (κ2) is 14.3. The smallest absolute Gasteiger partial charge is 0.326 e. The summed E-state index contributed by atoms with van der Waals surface area (Å²) < 4.78 is 12.2. The van der Waals surface area contributed by atoms with E-state index in [1.165, 1.54) is 18.4 Å². The van der Waals surface area contributed by atoms with E-state index in [2.05, 4.69) is 16.5 Å². The van der Waals surface area contributed by atoms with Crippen LogP contribution in [0.15, 0.2) is 65.6 Å². The van der Waals surface area contributed by atoms with Crippen LogP contribution in [-0.4, -0.2) is 63.4 Å². The molecule has 0 aromatic heterocycles. The number of halogens is 2. The molecule has 0 aliphatic rings. The Morgan fingerprint density at radius 3 is 2.19 bits per heavy atom. The van der Waals surface area contributed by atoms with Crippen molar-refractivity contribution in [1.82, 2.24) is 10.6 Å². The number of Topliss-reactive ketones (excluding diaryl/α,β-unsaturated/α-hetero) is 1. The Hall–Kier alpha value is -4.19. The topological polar surface area (TPSA) is 180 Å². The fourth-order valence-corrected chi connectivity index (χ4v) is 5.47. The van der Waals surface area contributed by atoms with Gasteiger partial charge in [-0.15, -0.1) is 0 Å². The summed E-state index contributed by atoms with van der Waals surface area (Å²) in [5, 5.41) is 21.8.